The molecule has 190 valence electrons. The molecule has 0 fully saturated rings. The molecule has 0 radical (unpaired) electrons. The Morgan fingerprint density at radius 2 is 1.94 bits per heavy atom. The Hall–Kier alpha value is -2.22. The number of aliphatic hydroxyl groups excluding tert-OH is 2. The highest BCUT2D eigenvalue weighted by Gasteiger charge is 2.22. The minimum Gasteiger partial charge on any atom is -0.466 e. The second kappa shape index (κ2) is 14.9. The fourth-order valence-corrected chi connectivity index (χ4v) is 3.98. The first-order valence-electron chi connectivity index (χ1n) is 12.2. The fraction of sp³-hybridized carbons (Fsp3) is 0.630. The van der Waals surface area contributed by atoms with E-state index in [9.17, 15) is 19.8 Å². The maximum absolute atomic E-state index is 12.4. The number of carbonyl (C=O) groups excluding carboxylic acids is 2. The van der Waals surface area contributed by atoms with Crippen LogP contribution in [-0.2, 0) is 23.8 Å². The third kappa shape index (κ3) is 11.3. The molecule has 0 amide bonds. The summed E-state index contributed by atoms with van der Waals surface area (Å²) in [6.45, 7) is 9.00. The van der Waals surface area contributed by atoms with E-state index in [4.69, 9.17) is 14.2 Å². The van der Waals surface area contributed by atoms with E-state index in [0.717, 1.165) is 18.4 Å². The molecular weight excluding hydrogens is 436 g/mol. The molecule has 2 N–H and O–H groups in total. The standard InChI is InChI=1S/C27H40O7/c1-19-13-15-33-26(30)8-5-9-27(31)34-25(7-4-6-22(28)17-21(3)16-19)24(29)11-10-23-18-20(2)12-14-32-23/h4,6,10-12,19,22-25,28-29H,3,5,7-9,13-18H2,1-2H3/b6-4+,11-10+/t19-,22?,23-,24+,25+/m1/s1. The molecule has 0 bridgehead atoms. The molecule has 5 atom stereocenters. The Balaban J connectivity index is 2.05. The van der Waals surface area contributed by atoms with E-state index >= 15 is 0 Å². The molecule has 0 saturated carbocycles. The minimum atomic E-state index is -1.04. The molecule has 0 aromatic carbocycles. The number of hydrogen-bond acceptors (Lipinski definition) is 7. The Kier molecular flexibility index (Phi) is 12.3. The van der Waals surface area contributed by atoms with Crippen molar-refractivity contribution in [3.8, 4) is 0 Å². The van der Waals surface area contributed by atoms with Gasteiger partial charge in [-0.2, -0.15) is 0 Å². The molecule has 7 heteroatoms. The van der Waals surface area contributed by atoms with Gasteiger partial charge in [-0.25, -0.2) is 0 Å². The predicted octanol–water partition coefficient (Wildman–Crippen LogP) is 3.95. The van der Waals surface area contributed by atoms with Crippen molar-refractivity contribution in [3.05, 3.63) is 48.1 Å². The van der Waals surface area contributed by atoms with Crippen molar-refractivity contribution >= 4 is 11.9 Å². The summed E-state index contributed by atoms with van der Waals surface area (Å²) in [6.07, 6.45) is 9.45. The van der Waals surface area contributed by atoms with Crippen LogP contribution in [0.5, 0.6) is 0 Å². The van der Waals surface area contributed by atoms with Crippen LogP contribution in [0.2, 0.25) is 0 Å². The lowest BCUT2D eigenvalue weighted by Gasteiger charge is -2.22. The Labute approximate surface area is 203 Å². The van der Waals surface area contributed by atoms with Gasteiger partial charge in [0.2, 0.25) is 0 Å². The van der Waals surface area contributed by atoms with Crippen molar-refractivity contribution in [2.75, 3.05) is 13.2 Å². The van der Waals surface area contributed by atoms with Crippen LogP contribution in [0.15, 0.2) is 48.1 Å². The summed E-state index contributed by atoms with van der Waals surface area (Å²) in [5.74, 6) is -0.547. The lowest BCUT2D eigenvalue weighted by Crippen LogP contribution is -2.30. The van der Waals surface area contributed by atoms with Gasteiger partial charge in [0, 0.05) is 19.3 Å². The zero-order chi connectivity index (χ0) is 24.9. The van der Waals surface area contributed by atoms with Crippen LogP contribution in [0.25, 0.3) is 0 Å². The minimum absolute atomic E-state index is 0.0559. The van der Waals surface area contributed by atoms with Gasteiger partial charge in [0.15, 0.2) is 0 Å². The second-order valence-corrected chi connectivity index (χ2v) is 9.39. The molecule has 2 rings (SSSR count). The van der Waals surface area contributed by atoms with Crippen molar-refractivity contribution in [1.82, 2.24) is 0 Å². The maximum atomic E-state index is 12.4. The van der Waals surface area contributed by atoms with Crippen molar-refractivity contribution in [1.29, 1.82) is 0 Å². The second-order valence-electron chi connectivity index (χ2n) is 9.39. The summed E-state index contributed by atoms with van der Waals surface area (Å²) in [5, 5.41) is 21.1. The molecule has 2 aliphatic heterocycles. The number of rotatable bonds is 3. The monoisotopic (exact) mass is 476 g/mol. The molecule has 0 aliphatic carbocycles. The smallest absolute Gasteiger partial charge is 0.306 e. The summed E-state index contributed by atoms with van der Waals surface area (Å²) in [7, 11) is 0. The molecular formula is C27H40O7. The highest BCUT2D eigenvalue weighted by Crippen LogP contribution is 2.20. The number of carbonyl (C=O) groups is 2. The maximum Gasteiger partial charge on any atom is 0.306 e. The van der Waals surface area contributed by atoms with Crippen LogP contribution in [0.1, 0.15) is 65.2 Å². The summed E-state index contributed by atoms with van der Waals surface area (Å²) in [4.78, 5) is 24.3. The first-order valence-corrected chi connectivity index (χ1v) is 12.2. The van der Waals surface area contributed by atoms with E-state index in [0.29, 0.717) is 32.5 Å². The van der Waals surface area contributed by atoms with E-state index < -0.39 is 24.3 Å². The normalized spacial score (nSPS) is 31.1. The summed E-state index contributed by atoms with van der Waals surface area (Å²) in [5.41, 5.74) is 2.14. The lowest BCUT2D eigenvalue weighted by atomic mass is 9.95. The van der Waals surface area contributed by atoms with Gasteiger partial charge in [-0.3, -0.25) is 9.59 Å². The SMILES string of the molecule is C=C1CC(O)/C=C/C[C@@H]([C@@H](O)/C=C/[C@@H]2CC(C)=CCO2)OC(=O)CCCC(=O)OCC[C@@H](C)C1. The van der Waals surface area contributed by atoms with Crippen LogP contribution in [-0.4, -0.2) is 59.8 Å². The molecule has 0 saturated heterocycles. The van der Waals surface area contributed by atoms with E-state index in [1.807, 2.05) is 13.0 Å². The van der Waals surface area contributed by atoms with E-state index in [-0.39, 0.29) is 37.3 Å². The zero-order valence-corrected chi connectivity index (χ0v) is 20.5. The van der Waals surface area contributed by atoms with Gasteiger partial charge >= 0.3 is 11.9 Å². The van der Waals surface area contributed by atoms with Crippen molar-refractivity contribution < 1.29 is 34.0 Å². The summed E-state index contributed by atoms with van der Waals surface area (Å²) < 4.78 is 16.4. The van der Waals surface area contributed by atoms with Gasteiger partial charge in [0.1, 0.15) is 12.2 Å². The largest absolute Gasteiger partial charge is 0.466 e. The van der Waals surface area contributed by atoms with Crippen molar-refractivity contribution in [2.45, 2.75) is 89.6 Å². The van der Waals surface area contributed by atoms with E-state index in [2.05, 4.69) is 13.5 Å². The molecule has 0 aromatic rings. The van der Waals surface area contributed by atoms with Gasteiger partial charge in [-0.05, 0) is 44.9 Å². The number of cyclic esters (lactones) is 2. The fourth-order valence-electron chi connectivity index (χ4n) is 3.98. The number of aliphatic hydroxyl groups is 2. The van der Waals surface area contributed by atoms with Crippen LogP contribution in [0, 0.1) is 5.92 Å². The third-order valence-corrected chi connectivity index (χ3v) is 5.95. The molecule has 1 unspecified atom stereocenters. The summed E-state index contributed by atoms with van der Waals surface area (Å²) in [6, 6.07) is 0. The van der Waals surface area contributed by atoms with Gasteiger partial charge in [-0.15, -0.1) is 0 Å². The molecule has 34 heavy (non-hydrogen) atoms. The average Bonchev–Trinajstić information content (AvgIpc) is 2.76. The van der Waals surface area contributed by atoms with Crippen molar-refractivity contribution in [2.24, 2.45) is 5.92 Å². The first-order chi connectivity index (χ1) is 16.2. The lowest BCUT2D eigenvalue weighted by molar-refractivity contribution is -0.153. The quantitative estimate of drug-likeness (QED) is 0.470. The molecule has 7 nitrogen and oxygen atoms in total. The predicted molar refractivity (Wildman–Crippen MR) is 130 cm³/mol. The highest BCUT2D eigenvalue weighted by atomic mass is 16.6. The van der Waals surface area contributed by atoms with Crippen molar-refractivity contribution in [3.63, 3.8) is 0 Å². The van der Waals surface area contributed by atoms with Gasteiger partial charge in [-0.1, -0.05) is 55.0 Å². The number of ether oxygens (including phenoxy) is 3. The molecule has 2 heterocycles. The average molecular weight is 477 g/mol. The van der Waals surface area contributed by atoms with Gasteiger partial charge < -0.3 is 24.4 Å². The van der Waals surface area contributed by atoms with Crippen LogP contribution >= 0.6 is 0 Å². The summed E-state index contributed by atoms with van der Waals surface area (Å²) >= 11 is 0. The Morgan fingerprint density at radius 1 is 1.18 bits per heavy atom. The molecule has 0 spiro atoms. The molecule has 2 aliphatic rings. The molecule has 0 aromatic heterocycles. The van der Waals surface area contributed by atoms with Crippen LogP contribution in [0.3, 0.4) is 0 Å². The topological polar surface area (TPSA) is 102 Å². The third-order valence-electron chi connectivity index (χ3n) is 5.95. The Bertz CT molecular complexity index is 767. The zero-order valence-electron chi connectivity index (χ0n) is 20.5. The van der Waals surface area contributed by atoms with Crippen LogP contribution < -0.4 is 0 Å². The number of hydrogen-bond donors (Lipinski definition) is 2. The highest BCUT2D eigenvalue weighted by molar-refractivity contribution is 5.72. The van der Waals surface area contributed by atoms with Crippen LogP contribution in [0.4, 0.5) is 0 Å². The van der Waals surface area contributed by atoms with Gasteiger partial charge in [0.05, 0.1) is 25.4 Å². The first kappa shape index (κ1) is 28.0. The van der Waals surface area contributed by atoms with E-state index in [1.165, 1.54) is 5.57 Å². The Morgan fingerprint density at radius 3 is 2.71 bits per heavy atom. The van der Waals surface area contributed by atoms with E-state index in [1.54, 1.807) is 24.3 Å². The number of esters is 2. The van der Waals surface area contributed by atoms with Gasteiger partial charge in [0.25, 0.3) is 0 Å².